The molecular weight excluding hydrogens is 268 g/mol. The molecule has 1 aromatic carbocycles. The van der Waals surface area contributed by atoms with Gasteiger partial charge in [-0.3, -0.25) is 10.1 Å². The predicted octanol–water partition coefficient (Wildman–Crippen LogP) is 3.15. The van der Waals surface area contributed by atoms with Crippen LogP contribution in [0.25, 0.3) is 10.1 Å². The summed E-state index contributed by atoms with van der Waals surface area (Å²) in [4.78, 5) is 10.4. The molecule has 6 heteroatoms. The third-order valence-electron chi connectivity index (χ3n) is 1.81. The molecule has 0 radical (unpaired) electrons. The molecule has 14 heavy (non-hydrogen) atoms. The number of benzene rings is 1. The van der Waals surface area contributed by atoms with Crippen molar-refractivity contribution in [1.29, 1.82) is 0 Å². The number of fused-ring (bicyclic) bond motifs is 1. The normalized spacial score (nSPS) is 10.6. The number of thiophene rings is 1. The lowest BCUT2D eigenvalue weighted by atomic mass is 10.2. The minimum atomic E-state index is -0.400. The van der Waals surface area contributed by atoms with Gasteiger partial charge in [0.15, 0.2) is 0 Å². The summed E-state index contributed by atoms with van der Waals surface area (Å²) in [5.41, 5.74) is 5.68. The molecule has 2 N–H and O–H groups in total. The number of anilines is 1. The quantitative estimate of drug-likeness (QED) is 0.641. The molecule has 0 spiro atoms. The van der Waals surface area contributed by atoms with Crippen LogP contribution in [0, 0.1) is 10.1 Å². The number of nitro groups is 1. The zero-order chi connectivity index (χ0) is 10.3. The average Bonchev–Trinajstić information content (AvgIpc) is 2.43. The Balaban J connectivity index is 2.88. The van der Waals surface area contributed by atoms with Crippen LogP contribution in [0.3, 0.4) is 0 Å². The Morgan fingerprint density at radius 2 is 2.21 bits per heavy atom. The van der Waals surface area contributed by atoms with Crippen LogP contribution < -0.4 is 5.73 Å². The molecule has 1 heterocycles. The van der Waals surface area contributed by atoms with Gasteiger partial charge in [-0.2, -0.15) is 0 Å². The van der Waals surface area contributed by atoms with Crippen molar-refractivity contribution in [3.63, 3.8) is 0 Å². The molecule has 0 aliphatic heterocycles. The first kappa shape index (κ1) is 9.42. The second-order valence-electron chi connectivity index (χ2n) is 2.72. The molecule has 0 atom stereocenters. The van der Waals surface area contributed by atoms with Gasteiger partial charge in [0.25, 0.3) is 0 Å². The van der Waals surface area contributed by atoms with Gasteiger partial charge in [0.05, 0.1) is 14.4 Å². The summed E-state index contributed by atoms with van der Waals surface area (Å²) >= 11 is 4.38. The highest BCUT2D eigenvalue weighted by Crippen LogP contribution is 2.39. The van der Waals surface area contributed by atoms with Crippen LogP contribution in [0.4, 0.5) is 10.7 Å². The van der Waals surface area contributed by atoms with Crippen LogP contribution >= 0.6 is 27.3 Å². The summed E-state index contributed by atoms with van der Waals surface area (Å²) in [5, 5.41) is 12.2. The van der Waals surface area contributed by atoms with Crippen molar-refractivity contribution >= 4 is 48.0 Å². The lowest BCUT2D eigenvalue weighted by Gasteiger charge is -1.95. The topological polar surface area (TPSA) is 69.2 Å². The molecule has 0 aliphatic rings. The van der Waals surface area contributed by atoms with E-state index in [1.165, 1.54) is 11.3 Å². The van der Waals surface area contributed by atoms with Crippen LogP contribution in [0.1, 0.15) is 0 Å². The van der Waals surface area contributed by atoms with E-state index in [4.69, 9.17) is 5.73 Å². The zero-order valence-corrected chi connectivity index (χ0v) is 9.26. The lowest BCUT2D eigenvalue weighted by Crippen LogP contribution is -1.88. The molecular formula is C8H5BrN2O2S. The highest BCUT2D eigenvalue weighted by atomic mass is 79.9. The number of nitrogens with zero attached hydrogens (tertiary/aromatic N) is 1. The Kier molecular flexibility index (Phi) is 2.16. The van der Waals surface area contributed by atoms with Crippen LogP contribution in [-0.4, -0.2) is 4.92 Å². The first-order chi connectivity index (χ1) is 6.59. The van der Waals surface area contributed by atoms with Gasteiger partial charge in [-0.05, 0) is 28.1 Å². The average molecular weight is 273 g/mol. The lowest BCUT2D eigenvalue weighted by molar-refractivity contribution is -0.383. The zero-order valence-electron chi connectivity index (χ0n) is 6.86. The molecule has 0 amide bonds. The van der Waals surface area contributed by atoms with E-state index in [0.717, 1.165) is 5.39 Å². The van der Waals surface area contributed by atoms with Crippen molar-refractivity contribution in [2.75, 3.05) is 5.73 Å². The van der Waals surface area contributed by atoms with Gasteiger partial charge in [-0.1, -0.05) is 6.07 Å². The van der Waals surface area contributed by atoms with E-state index in [1.807, 2.05) is 0 Å². The van der Waals surface area contributed by atoms with Crippen molar-refractivity contribution in [2.45, 2.75) is 0 Å². The third kappa shape index (κ3) is 1.36. The molecule has 0 saturated heterocycles. The number of nitrogen functional groups attached to an aromatic ring is 1. The fourth-order valence-electron chi connectivity index (χ4n) is 1.25. The molecule has 2 rings (SSSR count). The van der Waals surface area contributed by atoms with Gasteiger partial charge >= 0.3 is 5.69 Å². The van der Waals surface area contributed by atoms with Crippen LogP contribution in [0.15, 0.2) is 22.7 Å². The summed E-state index contributed by atoms with van der Waals surface area (Å²) in [5.74, 6) is 0. The van der Waals surface area contributed by atoms with Crippen molar-refractivity contribution < 1.29 is 4.92 Å². The van der Waals surface area contributed by atoms with Crippen molar-refractivity contribution in [2.24, 2.45) is 0 Å². The summed E-state index contributed by atoms with van der Waals surface area (Å²) in [7, 11) is 0. The van der Waals surface area contributed by atoms with E-state index in [0.29, 0.717) is 14.2 Å². The third-order valence-corrected chi connectivity index (χ3v) is 3.44. The minimum Gasteiger partial charge on any atom is -0.391 e. The minimum absolute atomic E-state index is 0.0872. The summed E-state index contributed by atoms with van der Waals surface area (Å²) < 4.78 is 1.10. The molecule has 1 aromatic heterocycles. The highest BCUT2D eigenvalue weighted by molar-refractivity contribution is 9.10. The number of halogens is 1. The number of nitrogens with two attached hydrogens (primary N) is 1. The number of hydrogen-bond donors (Lipinski definition) is 1. The van der Waals surface area contributed by atoms with E-state index < -0.39 is 4.92 Å². The number of hydrogen-bond acceptors (Lipinski definition) is 4. The molecule has 0 unspecified atom stereocenters. The van der Waals surface area contributed by atoms with Crippen molar-refractivity contribution in [3.05, 3.63) is 32.8 Å². The Bertz CT molecular complexity index is 523. The molecule has 72 valence electrons. The standard InChI is InChI=1S/C8H5BrN2O2S/c9-5-2-1-4-3-6(10)14-8(4)7(5)11(12)13/h1-3H,10H2. The Morgan fingerprint density at radius 1 is 1.50 bits per heavy atom. The van der Waals surface area contributed by atoms with Crippen LogP contribution in [0.5, 0.6) is 0 Å². The van der Waals surface area contributed by atoms with E-state index in [-0.39, 0.29) is 5.69 Å². The van der Waals surface area contributed by atoms with E-state index >= 15 is 0 Å². The Labute approximate surface area is 91.6 Å². The molecule has 0 bridgehead atoms. The maximum atomic E-state index is 10.8. The second kappa shape index (κ2) is 3.21. The second-order valence-corrected chi connectivity index (χ2v) is 4.66. The fourth-order valence-corrected chi connectivity index (χ4v) is 2.81. The predicted molar refractivity (Wildman–Crippen MR) is 60.6 cm³/mol. The van der Waals surface area contributed by atoms with Crippen molar-refractivity contribution in [3.8, 4) is 0 Å². The summed E-state index contributed by atoms with van der Waals surface area (Å²) in [6.07, 6.45) is 0. The first-order valence-corrected chi connectivity index (χ1v) is 5.32. The molecule has 0 fully saturated rings. The van der Waals surface area contributed by atoms with E-state index in [2.05, 4.69) is 15.9 Å². The summed E-state index contributed by atoms with van der Waals surface area (Å²) in [6, 6.07) is 5.20. The Morgan fingerprint density at radius 3 is 2.86 bits per heavy atom. The van der Waals surface area contributed by atoms with Gasteiger partial charge in [-0.25, -0.2) is 0 Å². The van der Waals surface area contributed by atoms with Gasteiger partial charge in [0.2, 0.25) is 0 Å². The molecule has 0 aliphatic carbocycles. The van der Waals surface area contributed by atoms with E-state index in [9.17, 15) is 10.1 Å². The molecule has 4 nitrogen and oxygen atoms in total. The van der Waals surface area contributed by atoms with Gasteiger partial charge < -0.3 is 5.73 Å². The molecule has 2 aromatic rings. The number of nitro benzene ring substituents is 1. The van der Waals surface area contributed by atoms with Crippen LogP contribution in [0.2, 0.25) is 0 Å². The fraction of sp³-hybridized carbons (Fsp3) is 0. The number of rotatable bonds is 1. The maximum absolute atomic E-state index is 10.8. The smallest absolute Gasteiger partial charge is 0.301 e. The van der Waals surface area contributed by atoms with Gasteiger partial charge in [-0.15, -0.1) is 11.3 Å². The van der Waals surface area contributed by atoms with Crippen LogP contribution in [-0.2, 0) is 0 Å². The highest BCUT2D eigenvalue weighted by Gasteiger charge is 2.18. The summed E-state index contributed by atoms with van der Waals surface area (Å²) in [6.45, 7) is 0. The van der Waals surface area contributed by atoms with Crippen molar-refractivity contribution in [1.82, 2.24) is 0 Å². The largest absolute Gasteiger partial charge is 0.391 e. The van der Waals surface area contributed by atoms with Gasteiger partial charge in [0.1, 0.15) is 4.70 Å². The molecule has 0 saturated carbocycles. The van der Waals surface area contributed by atoms with Gasteiger partial charge in [0, 0.05) is 5.39 Å². The Hall–Kier alpha value is -1.14. The SMILES string of the molecule is Nc1cc2ccc(Br)c([N+](=O)[O-])c2s1. The maximum Gasteiger partial charge on any atom is 0.301 e. The van der Waals surface area contributed by atoms with E-state index in [1.54, 1.807) is 18.2 Å². The first-order valence-electron chi connectivity index (χ1n) is 3.71. The monoisotopic (exact) mass is 272 g/mol.